The first-order valence-corrected chi connectivity index (χ1v) is 15.2. The highest BCUT2D eigenvalue weighted by atomic mass is 35.5. The first kappa shape index (κ1) is 34.9. The smallest absolute Gasteiger partial charge is 0.383 e. The molecule has 0 saturated carbocycles. The van der Waals surface area contributed by atoms with Crippen LogP contribution in [-0.2, 0) is 16.6 Å². The van der Waals surface area contributed by atoms with Crippen LogP contribution in [0.25, 0.3) is 33.3 Å². The number of amides is 3. The Morgan fingerprint density at radius 1 is 1.04 bits per heavy atom. The summed E-state index contributed by atoms with van der Waals surface area (Å²) >= 11 is 6.47. The molecule has 3 amide bonds. The number of aromatic nitrogens is 2. The minimum Gasteiger partial charge on any atom is -0.383 e. The summed E-state index contributed by atoms with van der Waals surface area (Å²) in [5.41, 5.74) is 9.58. The van der Waals surface area contributed by atoms with E-state index in [-0.39, 0.29) is 22.3 Å². The molecule has 1 saturated heterocycles. The van der Waals surface area contributed by atoms with Gasteiger partial charge in [-0.3, -0.25) is 14.4 Å². The van der Waals surface area contributed by atoms with Gasteiger partial charge in [-0.25, -0.2) is 9.37 Å². The van der Waals surface area contributed by atoms with Crippen molar-refractivity contribution in [1.29, 1.82) is 0 Å². The van der Waals surface area contributed by atoms with Crippen molar-refractivity contribution in [3.63, 3.8) is 0 Å². The van der Waals surface area contributed by atoms with Gasteiger partial charge in [0.1, 0.15) is 12.4 Å². The number of nitrogens with zero attached hydrogens (tertiary/aromatic N) is 4. The fraction of sp³-hybridized carbons (Fsp3) is 0.235. The van der Waals surface area contributed by atoms with Gasteiger partial charge in [-0.2, -0.15) is 13.2 Å². The molecule has 0 aliphatic carbocycles. The van der Waals surface area contributed by atoms with Crippen molar-refractivity contribution in [2.24, 2.45) is 7.05 Å². The average Bonchev–Trinajstić information content (AvgIpc) is 3.37. The summed E-state index contributed by atoms with van der Waals surface area (Å²) in [6, 6.07) is 10.7. The maximum absolute atomic E-state index is 13.3. The molecule has 254 valence electrons. The van der Waals surface area contributed by atoms with Gasteiger partial charge < -0.3 is 30.7 Å². The van der Waals surface area contributed by atoms with Crippen LogP contribution in [0.1, 0.15) is 15.9 Å². The highest BCUT2D eigenvalue weighted by molar-refractivity contribution is 6.34. The summed E-state index contributed by atoms with van der Waals surface area (Å²) in [6.45, 7) is 3.99. The van der Waals surface area contributed by atoms with Gasteiger partial charge in [0.2, 0.25) is 0 Å². The Morgan fingerprint density at radius 3 is 2.31 bits per heavy atom. The zero-order chi connectivity index (χ0) is 35.6. The molecule has 0 atom stereocenters. The third-order valence-electron chi connectivity index (χ3n) is 7.95. The van der Waals surface area contributed by atoms with Gasteiger partial charge in [0.25, 0.3) is 17.7 Å². The minimum atomic E-state index is -4.61. The van der Waals surface area contributed by atoms with Crippen molar-refractivity contribution in [2.75, 3.05) is 50.8 Å². The quantitative estimate of drug-likeness (QED) is 0.149. The number of halogens is 5. The number of aryl methyl sites for hydroxylation is 1. The van der Waals surface area contributed by atoms with E-state index < -0.39 is 30.4 Å². The molecule has 3 heterocycles. The number of carbonyl (C=O) groups is 3. The first-order chi connectivity index (χ1) is 23.1. The standard InChI is InChI=1S/C34H30ClF4N7O3/c1-19(36)32(48)43-23-8-4-20(5-9-23)29-27(21-6-10-24(25(35)16-21)33(49)42-18-34(37,38)39)28-30(45(29)3)22(17-41-31(28)40)7-11-26(47)46-14-12-44(2)13-15-46/h4-6,8-10,16-17H,1,12-15,18H2,2-3H3,(H2,40,41)(H,42,49)(H,43,48). The Balaban J connectivity index is 1.65. The Kier molecular flexibility index (Phi) is 9.98. The molecular weight excluding hydrogens is 666 g/mol. The molecule has 5 rings (SSSR count). The number of nitrogens with two attached hydrogens (primary N) is 1. The van der Waals surface area contributed by atoms with E-state index in [1.165, 1.54) is 24.4 Å². The number of hydrogen-bond donors (Lipinski definition) is 3. The number of rotatable bonds is 6. The Hall–Kier alpha value is -5.39. The maximum atomic E-state index is 13.3. The van der Waals surface area contributed by atoms with Crippen molar-refractivity contribution in [2.45, 2.75) is 6.18 Å². The number of alkyl halides is 3. The number of anilines is 2. The van der Waals surface area contributed by atoms with E-state index in [9.17, 15) is 31.9 Å². The van der Waals surface area contributed by atoms with Crippen molar-refractivity contribution < 1.29 is 31.9 Å². The van der Waals surface area contributed by atoms with Crippen LogP contribution in [0, 0.1) is 11.8 Å². The number of piperazine rings is 1. The van der Waals surface area contributed by atoms with Gasteiger partial charge in [-0.1, -0.05) is 42.3 Å². The van der Waals surface area contributed by atoms with E-state index in [1.54, 1.807) is 40.8 Å². The van der Waals surface area contributed by atoms with Gasteiger partial charge in [0, 0.05) is 56.6 Å². The first-order valence-electron chi connectivity index (χ1n) is 14.8. The van der Waals surface area contributed by atoms with Crippen molar-refractivity contribution >= 4 is 51.7 Å². The summed E-state index contributed by atoms with van der Waals surface area (Å²) in [7, 11) is 3.72. The Morgan fingerprint density at radius 2 is 1.69 bits per heavy atom. The van der Waals surface area contributed by atoms with Gasteiger partial charge >= 0.3 is 6.18 Å². The van der Waals surface area contributed by atoms with E-state index in [0.29, 0.717) is 57.6 Å². The molecule has 4 aromatic rings. The molecule has 1 aliphatic heterocycles. The van der Waals surface area contributed by atoms with Gasteiger partial charge in [0.05, 0.1) is 32.7 Å². The number of hydrogen-bond acceptors (Lipinski definition) is 6. The SMILES string of the molecule is C=C(F)C(=O)Nc1ccc(-c2c(-c3ccc(C(=O)NCC(F)(F)F)c(Cl)c3)c3c(N)ncc(C#CC(=O)N4CCN(C)CC4)c3n2C)cc1. The predicted molar refractivity (Wildman–Crippen MR) is 179 cm³/mol. The van der Waals surface area contributed by atoms with Crippen molar-refractivity contribution in [3.8, 4) is 34.2 Å². The molecule has 10 nitrogen and oxygen atoms in total. The molecule has 2 aromatic carbocycles. The molecule has 0 radical (unpaired) electrons. The third kappa shape index (κ3) is 7.69. The summed E-state index contributed by atoms with van der Waals surface area (Å²) < 4.78 is 53.3. The largest absolute Gasteiger partial charge is 0.405 e. The van der Waals surface area contributed by atoms with Crippen LogP contribution in [0.5, 0.6) is 0 Å². The number of fused-ring (bicyclic) bond motifs is 1. The second-order valence-electron chi connectivity index (χ2n) is 11.3. The van der Waals surface area contributed by atoms with Gasteiger partial charge in [-0.05, 0) is 42.4 Å². The van der Waals surface area contributed by atoms with Crippen LogP contribution in [0.2, 0.25) is 5.02 Å². The number of carbonyl (C=O) groups excluding carboxylic acids is 3. The van der Waals surface area contributed by atoms with Crippen LogP contribution in [0.15, 0.2) is 61.1 Å². The fourth-order valence-electron chi connectivity index (χ4n) is 5.47. The molecule has 0 spiro atoms. The van der Waals surface area contributed by atoms with E-state index in [0.717, 1.165) is 13.1 Å². The lowest BCUT2D eigenvalue weighted by Crippen LogP contribution is -2.46. The predicted octanol–water partition coefficient (Wildman–Crippen LogP) is 4.98. The molecule has 1 fully saturated rings. The monoisotopic (exact) mass is 695 g/mol. The second kappa shape index (κ2) is 14.0. The lowest BCUT2D eigenvalue weighted by Gasteiger charge is -2.30. The lowest BCUT2D eigenvalue weighted by atomic mass is 9.96. The summed E-state index contributed by atoms with van der Waals surface area (Å²) in [5.74, 6) is 2.27. The number of nitrogen functional groups attached to an aromatic ring is 1. The number of likely N-dealkylation sites (N-methyl/N-ethyl adjacent to an activating group) is 1. The Labute approximate surface area is 283 Å². The van der Waals surface area contributed by atoms with Crippen molar-refractivity contribution in [3.05, 3.63) is 77.2 Å². The van der Waals surface area contributed by atoms with Crippen LogP contribution < -0.4 is 16.4 Å². The summed E-state index contributed by atoms with van der Waals surface area (Å²) in [4.78, 5) is 45.5. The van der Waals surface area contributed by atoms with E-state index in [4.69, 9.17) is 17.3 Å². The number of benzene rings is 2. The maximum Gasteiger partial charge on any atom is 0.405 e. The van der Waals surface area contributed by atoms with Gasteiger partial charge in [-0.15, -0.1) is 0 Å². The van der Waals surface area contributed by atoms with E-state index in [1.807, 2.05) is 12.4 Å². The summed E-state index contributed by atoms with van der Waals surface area (Å²) in [5, 5.41) is 4.52. The molecule has 4 N–H and O–H groups in total. The highest BCUT2D eigenvalue weighted by Crippen LogP contribution is 2.44. The molecule has 0 bridgehead atoms. The summed E-state index contributed by atoms with van der Waals surface area (Å²) in [6.07, 6.45) is -3.16. The zero-order valence-electron chi connectivity index (χ0n) is 26.3. The van der Waals surface area contributed by atoms with E-state index >= 15 is 0 Å². The molecule has 1 aliphatic rings. The van der Waals surface area contributed by atoms with Crippen LogP contribution in [-0.4, -0.2) is 83.0 Å². The lowest BCUT2D eigenvalue weighted by molar-refractivity contribution is -0.126. The molecule has 2 aromatic heterocycles. The van der Waals surface area contributed by atoms with Crippen LogP contribution >= 0.6 is 11.6 Å². The topological polar surface area (TPSA) is 126 Å². The Bertz CT molecular complexity index is 2040. The molecule has 15 heteroatoms. The van der Waals surface area contributed by atoms with Gasteiger partial charge in [0.15, 0.2) is 5.83 Å². The number of nitrogens with one attached hydrogen (secondary N) is 2. The second-order valence-corrected chi connectivity index (χ2v) is 11.7. The third-order valence-corrected chi connectivity index (χ3v) is 8.26. The molecule has 49 heavy (non-hydrogen) atoms. The molecular formula is C34H30ClF4N7O3. The van der Waals surface area contributed by atoms with Crippen LogP contribution in [0.3, 0.4) is 0 Å². The zero-order valence-corrected chi connectivity index (χ0v) is 27.1. The van der Waals surface area contributed by atoms with E-state index in [2.05, 4.69) is 33.6 Å². The van der Waals surface area contributed by atoms with Crippen molar-refractivity contribution in [1.82, 2.24) is 24.7 Å². The number of pyridine rings is 1. The fourth-order valence-corrected chi connectivity index (χ4v) is 5.74. The molecule has 0 unspecified atom stereocenters. The van der Waals surface area contributed by atoms with Crippen LogP contribution in [0.4, 0.5) is 29.1 Å². The highest BCUT2D eigenvalue weighted by Gasteiger charge is 2.29. The minimum absolute atomic E-state index is 0.108. The average molecular weight is 696 g/mol. The normalized spacial score (nSPS) is 13.5.